The lowest BCUT2D eigenvalue weighted by Crippen LogP contribution is -2.29. The number of aromatic nitrogens is 4. The predicted octanol–water partition coefficient (Wildman–Crippen LogP) is -0.00710. The molecule has 0 N–H and O–H groups in total. The van der Waals surface area contributed by atoms with Crippen LogP contribution in [0.3, 0.4) is 0 Å². The number of ether oxygens (including phenoxy) is 1. The third kappa shape index (κ3) is 1.09. The second-order valence-corrected chi connectivity index (χ2v) is 4.31. The van der Waals surface area contributed by atoms with Gasteiger partial charge in [-0.05, 0) is 10.4 Å². The van der Waals surface area contributed by atoms with Crippen LogP contribution in [0, 0.1) is 11.8 Å². The summed E-state index contributed by atoms with van der Waals surface area (Å²) in [5.41, 5.74) is -0.740. The van der Waals surface area contributed by atoms with Crippen molar-refractivity contribution < 1.29 is 9.53 Å². The van der Waals surface area contributed by atoms with Crippen LogP contribution in [-0.4, -0.2) is 33.3 Å². The Labute approximate surface area is 97.9 Å². The van der Waals surface area contributed by atoms with E-state index in [0.29, 0.717) is 5.82 Å². The van der Waals surface area contributed by atoms with Gasteiger partial charge in [0.25, 0.3) is 0 Å². The van der Waals surface area contributed by atoms with E-state index >= 15 is 0 Å². The number of aryl methyl sites for hydroxylation is 1. The molecule has 1 saturated carbocycles. The number of fused-ring (bicyclic) bond motifs is 1. The van der Waals surface area contributed by atoms with Gasteiger partial charge in [0.2, 0.25) is 0 Å². The molecule has 88 valence electrons. The third-order valence-corrected chi connectivity index (χ3v) is 3.59. The van der Waals surface area contributed by atoms with E-state index in [0.717, 1.165) is 0 Å². The summed E-state index contributed by atoms with van der Waals surface area (Å²) >= 11 is 0. The van der Waals surface area contributed by atoms with E-state index in [4.69, 9.17) is 4.74 Å². The lowest BCUT2D eigenvalue weighted by Gasteiger charge is -2.12. The maximum Gasteiger partial charge on any atom is 0.320 e. The van der Waals surface area contributed by atoms with E-state index in [2.05, 4.69) is 15.5 Å². The molecule has 6 nitrogen and oxygen atoms in total. The molecule has 1 aromatic rings. The Balaban J connectivity index is 2.13. The lowest BCUT2D eigenvalue weighted by atomic mass is 10.0. The first-order valence-electron chi connectivity index (χ1n) is 5.39. The normalized spacial score (nSPS) is 33.3. The average Bonchev–Trinajstić information content (AvgIpc) is 2.85. The van der Waals surface area contributed by atoms with Gasteiger partial charge in [-0.2, -0.15) is 0 Å². The largest absolute Gasteiger partial charge is 0.468 e. The Hall–Kier alpha value is -1.98. The number of methoxy groups -OCH3 is 1. The molecule has 3 atom stereocenters. The van der Waals surface area contributed by atoms with Crippen LogP contribution in [0.5, 0.6) is 0 Å². The first-order chi connectivity index (χ1) is 8.22. The van der Waals surface area contributed by atoms with E-state index in [1.165, 1.54) is 11.8 Å². The Morgan fingerprint density at radius 3 is 2.53 bits per heavy atom. The zero-order valence-electron chi connectivity index (χ0n) is 9.57. The molecule has 2 aliphatic rings. The van der Waals surface area contributed by atoms with Crippen molar-refractivity contribution in [1.82, 2.24) is 20.2 Å². The summed E-state index contributed by atoms with van der Waals surface area (Å²) in [4.78, 5) is 12.1. The van der Waals surface area contributed by atoms with Crippen molar-refractivity contribution in [1.29, 1.82) is 0 Å². The van der Waals surface area contributed by atoms with E-state index < -0.39 is 5.41 Å². The van der Waals surface area contributed by atoms with Gasteiger partial charge in [-0.3, -0.25) is 4.79 Å². The van der Waals surface area contributed by atoms with Crippen LogP contribution in [-0.2, 0) is 22.0 Å². The molecule has 17 heavy (non-hydrogen) atoms. The number of esters is 1. The van der Waals surface area contributed by atoms with Crippen molar-refractivity contribution >= 4 is 5.97 Å². The zero-order chi connectivity index (χ0) is 12.0. The van der Waals surface area contributed by atoms with E-state index in [1.807, 2.05) is 24.3 Å². The first-order valence-corrected chi connectivity index (χ1v) is 5.39. The number of nitrogens with zero attached hydrogens (tertiary/aromatic N) is 4. The minimum atomic E-state index is -0.740. The van der Waals surface area contributed by atoms with Gasteiger partial charge in [0.15, 0.2) is 5.82 Å². The predicted molar refractivity (Wildman–Crippen MR) is 57.8 cm³/mol. The van der Waals surface area contributed by atoms with Crippen LogP contribution >= 0.6 is 0 Å². The highest BCUT2D eigenvalue weighted by molar-refractivity contribution is 5.88. The maximum absolute atomic E-state index is 12.1. The number of carbonyl (C=O) groups excluding carboxylic acids is 1. The summed E-state index contributed by atoms with van der Waals surface area (Å²) in [5, 5.41) is 11.4. The molecule has 1 fully saturated rings. The van der Waals surface area contributed by atoms with Crippen molar-refractivity contribution in [3.63, 3.8) is 0 Å². The Morgan fingerprint density at radius 2 is 2.06 bits per heavy atom. The number of rotatable bonds is 2. The summed E-state index contributed by atoms with van der Waals surface area (Å²) in [6.07, 6.45) is 7.90. The van der Waals surface area contributed by atoms with Crippen molar-refractivity contribution in [3.8, 4) is 0 Å². The minimum Gasteiger partial charge on any atom is -0.468 e. The van der Waals surface area contributed by atoms with E-state index in [-0.39, 0.29) is 17.8 Å². The monoisotopic (exact) mass is 232 g/mol. The molecular formula is C11H12N4O2. The molecule has 2 aliphatic carbocycles. The highest BCUT2D eigenvalue weighted by Crippen LogP contribution is 2.62. The number of allylic oxidation sites excluding steroid dienone is 4. The fourth-order valence-electron chi connectivity index (χ4n) is 2.76. The summed E-state index contributed by atoms with van der Waals surface area (Å²) in [6.45, 7) is 0. The SMILES string of the molecule is COC(=O)C1(c2nnnn2C)[C@@H]2C=CC=C[C@@H]21. The van der Waals surface area contributed by atoms with Gasteiger partial charge in [-0.1, -0.05) is 24.3 Å². The molecule has 6 heteroatoms. The molecule has 0 spiro atoms. The molecule has 0 aromatic carbocycles. The standard InChI is InChI=1S/C11H12N4O2/c1-15-9(12-13-14-15)11(10(16)17-2)7-5-3-4-6-8(7)11/h3-8H,1-2H3/t7-,8+,11?. The van der Waals surface area contributed by atoms with Crippen molar-refractivity contribution in [2.75, 3.05) is 7.11 Å². The van der Waals surface area contributed by atoms with Gasteiger partial charge in [0, 0.05) is 18.9 Å². The molecule has 3 rings (SSSR count). The summed E-state index contributed by atoms with van der Waals surface area (Å²) in [6, 6.07) is 0. The molecule has 0 bridgehead atoms. The molecule has 1 heterocycles. The lowest BCUT2D eigenvalue weighted by molar-refractivity contribution is -0.144. The second kappa shape index (κ2) is 3.26. The quantitative estimate of drug-likeness (QED) is 0.671. The molecule has 0 radical (unpaired) electrons. The number of tetrazole rings is 1. The van der Waals surface area contributed by atoms with Gasteiger partial charge in [0.05, 0.1) is 7.11 Å². The Morgan fingerprint density at radius 1 is 1.41 bits per heavy atom. The minimum absolute atomic E-state index is 0.102. The molecule has 1 unspecified atom stereocenters. The molecular weight excluding hydrogens is 220 g/mol. The van der Waals surface area contributed by atoms with Crippen LogP contribution in [0.15, 0.2) is 24.3 Å². The Bertz CT molecular complexity index is 513. The molecule has 0 saturated heterocycles. The summed E-state index contributed by atoms with van der Waals surface area (Å²) in [7, 11) is 3.13. The van der Waals surface area contributed by atoms with E-state index in [9.17, 15) is 4.79 Å². The van der Waals surface area contributed by atoms with Crippen molar-refractivity contribution in [2.45, 2.75) is 5.41 Å². The molecule has 0 amide bonds. The highest BCUT2D eigenvalue weighted by atomic mass is 16.5. The van der Waals surface area contributed by atoms with Crippen LogP contribution in [0.25, 0.3) is 0 Å². The summed E-state index contributed by atoms with van der Waals surface area (Å²) < 4.78 is 6.47. The van der Waals surface area contributed by atoms with Crippen LogP contribution in [0.4, 0.5) is 0 Å². The van der Waals surface area contributed by atoms with Crippen LogP contribution < -0.4 is 0 Å². The van der Waals surface area contributed by atoms with Crippen LogP contribution in [0.1, 0.15) is 5.82 Å². The van der Waals surface area contributed by atoms with Gasteiger partial charge >= 0.3 is 5.97 Å². The fraction of sp³-hybridized carbons (Fsp3) is 0.455. The Kier molecular flexibility index (Phi) is 1.95. The highest BCUT2D eigenvalue weighted by Gasteiger charge is 2.72. The third-order valence-electron chi connectivity index (χ3n) is 3.59. The van der Waals surface area contributed by atoms with Crippen molar-refractivity contribution in [3.05, 3.63) is 30.1 Å². The first kappa shape index (κ1) is 10.2. The van der Waals surface area contributed by atoms with Gasteiger partial charge in [-0.25, -0.2) is 4.68 Å². The van der Waals surface area contributed by atoms with Crippen LogP contribution in [0.2, 0.25) is 0 Å². The van der Waals surface area contributed by atoms with E-state index in [1.54, 1.807) is 7.05 Å². The second-order valence-electron chi connectivity index (χ2n) is 4.31. The number of hydrogen-bond acceptors (Lipinski definition) is 5. The topological polar surface area (TPSA) is 69.9 Å². The van der Waals surface area contributed by atoms with Gasteiger partial charge < -0.3 is 4.74 Å². The molecule has 1 aromatic heterocycles. The van der Waals surface area contributed by atoms with Gasteiger partial charge in [0.1, 0.15) is 5.41 Å². The number of carbonyl (C=O) groups is 1. The smallest absolute Gasteiger partial charge is 0.320 e. The van der Waals surface area contributed by atoms with Gasteiger partial charge in [-0.15, -0.1) is 5.10 Å². The van der Waals surface area contributed by atoms with Crippen molar-refractivity contribution in [2.24, 2.45) is 18.9 Å². The zero-order valence-corrected chi connectivity index (χ0v) is 9.57. The summed E-state index contributed by atoms with van der Waals surface area (Å²) in [5.74, 6) is 0.492. The fourth-order valence-corrected chi connectivity index (χ4v) is 2.76. The number of hydrogen-bond donors (Lipinski definition) is 0. The average molecular weight is 232 g/mol. The molecule has 0 aliphatic heterocycles. The maximum atomic E-state index is 12.1.